The quantitative estimate of drug-likeness (QED) is 0.451. The van der Waals surface area contributed by atoms with E-state index >= 15 is 0 Å². The minimum atomic E-state index is -5.20. The van der Waals surface area contributed by atoms with Crippen LogP contribution in [0.25, 0.3) is 0 Å². The molecule has 0 spiro atoms. The highest BCUT2D eigenvalue weighted by molar-refractivity contribution is 5.91. The van der Waals surface area contributed by atoms with Crippen LogP contribution in [0.4, 0.5) is 23.2 Å². The smallest absolute Gasteiger partial charge is 0.441 e. The zero-order chi connectivity index (χ0) is 18.4. The summed E-state index contributed by atoms with van der Waals surface area (Å²) in [7, 11) is 0. The molecule has 5 nitrogen and oxygen atoms in total. The van der Waals surface area contributed by atoms with Crippen LogP contribution in [0, 0.1) is 5.82 Å². The van der Waals surface area contributed by atoms with Gasteiger partial charge in [-0.3, -0.25) is 4.79 Å². The number of hydrogen-bond donors (Lipinski definition) is 2. The Balaban J connectivity index is 3.30. The molecule has 0 heterocycles. The first-order chi connectivity index (χ1) is 11.2. The molecule has 0 saturated carbocycles. The number of rotatable bonds is 7. The molecular weight excluding hydrogens is 332 g/mol. The number of amides is 1. The summed E-state index contributed by atoms with van der Waals surface area (Å²) in [6.07, 6.45) is -5.11. The lowest BCUT2D eigenvalue weighted by Gasteiger charge is -2.35. The number of esters is 1. The number of benzene rings is 1. The molecule has 2 N–H and O–H groups in total. The van der Waals surface area contributed by atoms with E-state index in [2.05, 4.69) is 4.74 Å². The Hall–Kier alpha value is -2.32. The molecule has 9 heteroatoms. The van der Waals surface area contributed by atoms with Crippen LogP contribution < -0.4 is 10.6 Å². The Morgan fingerprint density at radius 3 is 2.17 bits per heavy atom. The third-order valence-corrected chi connectivity index (χ3v) is 2.99. The van der Waals surface area contributed by atoms with Gasteiger partial charge >= 0.3 is 17.8 Å². The lowest BCUT2D eigenvalue weighted by atomic mass is 10.1. The van der Waals surface area contributed by atoms with E-state index < -0.39 is 29.5 Å². The molecule has 0 aliphatic heterocycles. The van der Waals surface area contributed by atoms with Gasteiger partial charge in [0.1, 0.15) is 5.82 Å². The Labute approximate surface area is 136 Å². The molecule has 1 rings (SSSR count). The predicted octanol–water partition coefficient (Wildman–Crippen LogP) is 2.98. The summed E-state index contributed by atoms with van der Waals surface area (Å²) in [5.41, 5.74) is -3.67. The molecule has 1 aromatic carbocycles. The topological polar surface area (TPSA) is 67.4 Å². The maximum atomic E-state index is 13.7. The molecule has 0 aromatic heterocycles. The third-order valence-electron chi connectivity index (χ3n) is 2.99. The van der Waals surface area contributed by atoms with Crippen LogP contribution in [-0.4, -0.2) is 30.3 Å². The van der Waals surface area contributed by atoms with Crippen molar-refractivity contribution in [1.82, 2.24) is 5.32 Å². The number of carbonyl (C=O) groups excluding carboxylic acids is 2. The van der Waals surface area contributed by atoms with E-state index in [-0.39, 0.29) is 18.7 Å². The standard InChI is InChI=1S/C15H18F4N2O3/c1-3-5-12(22)21-14(15(17,18)19,13(23)24-4-2)20-11-8-6-10(16)7-9-11/h6-9,20H,3-5H2,1-2H3,(H,21,22). The van der Waals surface area contributed by atoms with E-state index in [0.717, 1.165) is 24.3 Å². The molecule has 0 saturated heterocycles. The Kier molecular flexibility index (Phi) is 6.56. The maximum absolute atomic E-state index is 13.7. The fraction of sp³-hybridized carbons (Fsp3) is 0.467. The van der Waals surface area contributed by atoms with E-state index in [1.807, 2.05) is 5.32 Å². The zero-order valence-corrected chi connectivity index (χ0v) is 13.2. The number of anilines is 1. The van der Waals surface area contributed by atoms with Crippen LogP contribution in [0.1, 0.15) is 26.7 Å². The van der Waals surface area contributed by atoms with Gasteiger partial charge < -0.3 is 15.4 Å². The molecule has 1 unspecified atom stereocenters. The molecule has 0 aliphatic carbocycles. The highest BCUT2D eigenvalue weighted by atomic mass is 19.4. The molecule has 0 bridgehead atoms. The summed E-state index contributed by atoms with van der Waals surface area (Å²) >= 11 is 0. The van der Waals surface area contributed by atoms with Crippen LogP contribution in [0.15, 0.2) is 24.3 Å². The summed E-state index contributed by atoms with van der Waals surface area (Å²) in [6.45, 7) is 2.63. The lowest BCUT2D eigenvalue weighted by Crippen LogP contribution is -2.69. The van der Waals surface area contributed by atoms with Gasteiger partial charge in [-0.05, 0) is 37.6 Å². The predicted molar refractivity (Wildman–Crippen MR) is 78.5 cm³/mol. The minimum absolute atomic E-state index is 0.206. The molecule has 0 radical (unpaired) electrons. The van der Waals surface area contributed by atoms with Crippen LogP contribution in [0.5, 0.6) is 0 Å². The molecule has 1 amide bonds. The first-order valence-electron chi connectivity index (χ1n) is 7.25. The largest absolute Gasteiger partial charge is 0.463 e. The van der Waals surface area contributed by atoms with Crippen LogP contribution >= 0.6 is 0 Å². The average molecular weight is 350 g/mol. The first kappa shape index (κ1) is 19.7. The Bertz CT molecular complexity index is 575. The second-order valence-electron chi connectivity index (χ2n) is 4.90. The number of hydrogen-bond acceptors (Lipinski definition) is 4. The number of carbonyl (C=O) groups is 2. The van der Waals surface area contributed by atoms with Crippen molar-refractivity contribution in [3.05, 3.63) is 30.1 Å². The lowest BCUT2D eigenvalue weighted by molar-refractivity contribution is -0.207. The Morgan fingerprint density at radius 1 is 1.12 bits per heavy atom. The Morgan fingerprint density at radius 2 is 1.71 bits per heavy atom. The normalized spacial score (nSPS) is 13.8. The van der Waals surface area contributed by atoms with Crippen molar-refractivity contribution in [1.29, 1.82) is 0 Å². The van der Waals surface area contributed by atoms with E-state index in [9.17, 15) is 27.2 Å². The van der Waals surface area contributed by atoms with Crippen LogP contribution in [0.2, 0.25) is 0 Å². The van der Waals surface area contributed by atoms with Gasteiger partial charge in [0.05, 0.1) is 6.61 Å². The monoisotopic (exact) mass is 350 g/mol. The van der Waals surface area contributed by atoms with Crippen LogP contribution in [-0.2, 0) is 14.3 Å². The molecule has 0 aliphatic rings. The van der Waals surface area contributed by atoms with E-state index in [4.69, 9.17) is 0 Å². The van der Waals surface area contributed by atoms with Crippen molar-refractivity contribution in [2.24, 2.45) is 0 Å². The highest BCUT2D eigenvalue weighted by Crippen LogP contribution is 2.33. The fourth-order valence-corrected chi connectivity index (χ4v) is 1.88. The SMILES string of the molecule is CCCC(=O)NC(Nc1ccc(F)cc1)(C(=O)OCC)C(F)(F)F. The minimum Gasteiger partial charge on any atom is -0.463 e. The number of nitrogens with one attached hydrogen (secondary N) is 2. The van der Waals surface area contributed by atoms with E-state index in [0.29, 0.717) is 6.42 Å². The van der Waals surface area contributed by atoms with Gasteiger partial charge in [-0.15, -0.1) is 0 Å². The van der Waals surface area contributed by atoms with Crippen molar-refractivity contribution in [3.8, 4) is 0 Å². The van der Waals surface area contributed by atoms with Gasteiger partial charge in [0.25, 0.3) is 0 Å². The van der Waals surface area contributed by atoms with Crippen molar-refractivity contribution in [2.45, 2.75) is 38.5 Å². The average Bonchev–Trinajstić information content (AvgIpc) is 2.48. The van der Waals surface area contributed by atoms with Crippen molar-refractivity contribution in [3.63, 3.8) is 0 Å². The highest BCUT2D eigenvalue weighted by Gasteiger charge is 2.63. The summed E-state index contributed by atoms with van der Waals surface area (Å²) in [5, 5.41) is 3.61. The fourth-order valence-electron chi connectivity index (χ4n) is 1.88. The summed E-state index contributed by atoms with van der Waals surface area (Å²) in [6, 6.07) is 3.87. The van der Waals surface area contributed by atoms with E-state index in [1.165, 1.54) is 6.92 Å². The second-order valence-corrected chi connectivity index (χ2v) is 4.90. The zero-order valence-electron chi connectivity index (χ0n) is 13.2. The maximum Gasteiger partial charge on any atom is 0.441 e. The van der Waals surface area contributed by atoms with Crippen molar-refractivity contribution in [2.75, 3.05) is 11.9 Å². The molecule has 134 valence electrons. The second kappa shape index (κ2) is 7.98. The number of ether oxygens (including phenoxy) is 1. The molecule has 0 fully saturated rings. The van der Waals surface area contributed by atoms with Gasteiger partial charge in [-0.1, -0.05) is 6.92 Å². The molecule has 24 heavy (non-hydrogen) atoms. The van der Waals surface area contributed by atoms with Gasteiger partial charge in [0.15, 0.2) is 0 Å². The van der Waals surface area contributed by atoms with Gasteiger partial charge in [-0.25, -0.2) is 9.18 Å². The molecule has 1 atom stereocenters. The summed E-state index contributed by atoms with van der Waals surface area (Å²) in [5.74, 6) is -3.34. The third kappa shape index (κ3) is 4.59. The summed E-state index contributed by atoms with van der Waals surface area (Å²) < 4.78 is 58.4. The van der Waals surface area contributed by atoms with Gasteiger partial charge in [0, 0.05) is 12.1 Å². The molecular formula is C15H18F4N2O3. The van der Waals surface area contributed by atoms with Gasteiger partial charge in [0.2, 0.25) is 5.91 Å². The van der Waals surface area contributed by atoms with E-state index in [1.54, 1.807) is 12.2 Å². The van der Waals surface area contributed by atoms with Crippen molar-refractivity contribution >= 4 is 17.6 Å². The summed E-state index contributed by atoms with van der Waals surface area (Å²) in [4.78, 5) is 23.8. The van der Waals surface area contributed by atoms with Crippen molar-refractivity contribution < 1.29 is 31.9 Å². The number of halogens is 4. The number of alkyl halides is 3. The van der Waals surface area contributed by atoms with Crippen LogP contribution in [0.3, 0.4) is 0 Å². The first-order valence-corrected chi connectivity index (χ1v) is 7.25. The van der Waals surface area contributed by atoms with Gasteiger partial charge in [-0.2, -0.15) is 13.2 Å². The molecule has 1 aromatic rings.